The van der Waals surface area contributed by atoms with Crippen molar-refractivity contribution in [3.8, 4) is 0 Å². The second-order valence-electron chi connectivity index (χ2n) is 4.37. The number of rotatable bonds is 8. The lowest BCUT2D eigenvalue weighted by atomic mass is 9.95. The van der Waals surface area contributed by atoms with Gasteiger partial charge in [-0.15, -0.1) is 0 Å². The molecule has 1 N–H and O–H groups in total. The molecule has 0 amide bonds. The van der Waals surface area contributed by atoms with Crippen LogP contribution in [0.2, 0.25) is 0 Å². The van der Waals surface area contributed by atoms with Gasteiger partial charge in [0.25, 0.3) is 0 Å². The quantitative estimate of drug-likeness (QED) is 0.746. The van der Waals surface area contributed by atoms with Crippen LogP contribution in [0.1, 0.15) is 24.8 Å². The predicted octanol–water partition coefficient (Wildman–Crippen LogP) is 3.42. The molecule has 1 aromatic carbocycles. The van der Waals surface area contributed by atoms with E-state index in [2.05, 4.69) is 40.2 Å². The van der Waals surface area contributed by atoms with Gasteiger partial charge in [-0.05, 0) is 42.9 Å². The molecule has 1 atom stereocenters. The lowest BCUT2D eigenvalue weighted by molar-refractivity contribution is 0.181. The molecule has 1 unspecified atom stereocenters. The number of methoxy groups -OCH3 is 1. The summed E-state index contributed by atoms with van der Waals surface area (Å²) >= 11 is 3.42. The van der Waals surface area contributed by atoms with Crippen molar-refractivity contribution in [2.24, 2.45) is 5.92 Å². The standard InChI is InChI=1S/C14H21BrO2/c1-17-9-3-2-4-13(11-16)10-12-5-7-14(15)8-6-12/h5-8,13,16H,2-4,9-11H2,1H3. The van der Waals surface area contributed by atoms with Gasteiger partial charge in [0.15, 0.2) is 0 Å². The Morgan fingerprint density at radius 3 is 2.53 bits per heavy atom. The van der Waals surface area contributed by atoms with Crippen LogP contribution < -0.4 is 0 Å². The summed E-state index contributed by atoms with van der Waals surface area (Å²) in [6.45, 7) is 1.08. The first-order chi connectivity index (χ1) is 8.26. The highest BCUT2D eigenvalue weighted by atomic mass is 79.9. The first-order valence-electron chi connectivity index (χ1n) is 6.10. The second-order valence-corrected chi connectivity index (χ2v) is 5.28. The number of halogens is 1. The van der Waals surface area contributed by atoms with Crippen LogP contribution in [0.5, 0.6) is 0 Å². The zero-order valence-corrected chi connectivity index (χ0v) is 11.9. The summed E-state index contributed by atoms with van der Waals surface area (Å²) in [5.41, 5.74) is 1.29. The number of aliphatic hydroxyl groups excluding tert-OH is 1. The molecule has 0 radical (unpaired) electrons. The van der Waals surface area contributed by atoms with Crippen LogP contribution in [0, 0.1) is 5.92 Å². The predicted molar refractivity (Wildman–Crippen MR) is 74.1 cm³/mol. The number of ether oxygens (including phenoxy) is 1. The SMILES string of the molecule is COCCCCC(CO)Cc1ccc(Br)cc1. The molecule has 96 valence electrons. The summed E-state index contributed by atoms with van der Waals surface area (Å²) in [6, 6.07) is 8.33. The molecular weight excluding hydrogens is 280 g/mol. The minimum absolute atomic E-state index is 0.267. The molecule has 1 aromatic rings. The fourth-order valence-electron chi connectivity index (χ4n) is 1.89. The Morgan fingerprint density at radius 2 is 1.94 bits per heavy atom. The van der Waals surface area contributed by atoms with E-state index in [0.717, 1.165) is 36.8 Å². The lowest BCUT2D eigenvalue weighted by Gasteiger charge is -2.14. The highest BCUT2D eigenvalue weighted by Gasteiger charge is 2.08. The van der Waals surface area contributed by atoms with Gasteiger partial charge in [-0.25, -0.2) is 0 Å². The minimum Gasteiger partial charge on any atom is -0.396 e. The van der Waals surface area contributed by atoms with Crippen molar-refractivity contribution >= 4 is 15.9 Å². The summed E-state index contributed by atoms with van der Waals surface area (Å²) in [5, 5.41) is 9.36. The van der Waals surface area contributed by atoms with Crippen molar-refractivity contribution in [1.82, 2.24) is 0 Å². The summed E-state index contributed by atoms with van der Waals surface area (Å²) < 4.78 is 6.12. The van der Waals surface area contributed by atoms with Gasteiger partial charge in [-0.1, -0.05) is 34.5 Å². The van der Waals surface area contributed by atoms with E-state index in [1.165, 1.54) is 5.56 Å². The van der Waals surface area contributed by atoms with Crippen molar-refractivity contribution in [2.45, 2.75) is 25.7 Å². The van der Waals surface area contributed by atoms with Gasteiger partial charge in [0, 0.05) is 24.8 Å². The van der Waals surface area contributed by atoms with Crippen LogP contribution >= 0.6 is 15.9 Å². The van der Waals surface area contributed by atoms with Crippen LogP contribution in [0.25, 0.3) is 0 Å². The van der Waals surface area contributed by atoms with E-state index in [9.17, 15) is 5.11 Å². The topological polar surface area (TPSA) is 29.5 Å². The first-order valence-corrected chi connectivity index (χ1v) is 6.89. The highest BCUT2D eigenvalue weighted by molar-refractivity contribution is 9.10. The number of aliphatic hydroxyl groups is 1. The molecule has 0 aliphatic heterocycles. The fourth-order valence-corrected chi connectivity index (χ4v) is 2.16. The van der Waals surface area contributed by atoms with E-state index in [-0.39, 0.29) is 6.61 Å². The van der Waals surface area contributed by atoms with Crippen molar-refractivity contribution in [3.05, 3.63) is 34.3 Å². The lowest BCUT2D eigenvalue weighted by Crippen LogP contribution is -2.10. The van der Waals surface area contributed by atoms with Crippen LogP contribution in [-0.2, 0) is 11.2 Å². The van der Waals surface area contributed by atoms with Crippen LogP contribution in [0.4, 0.5) is 0 Å². The van der Waals surface area contributed by atoms with E-state index in [4.69, 9.17) is 4.74 Å². The molecule has 17 heavy (non-hydrogen) atoms. The van der Waals surface area contributed by atoms with Crippen LogP contribution in [0.3, 0.4) is 0 Å². The molecule has 0 fully saturated rings. The Hall–Kier alpha value is -0.380. The van der Waals surface area contributed by atoms with Gasteiger partial charge in [0.2, 0.25) is 0 Å². The molecule has 0 aliphatic rings. The maximum Gasteiger partial charge on any atom is 0.0462 e. The number of benzene rings is 1. The summed E-state index contributed by atoms with van der Waals surface area (Å²) in [7, 11) is 1.73. The van der Waals surface area contributed by atoms with Crippen molar-refractivity contribution in [2.75, 3.05) is 20.3 Å². The van der Waals surface area contributed by atoms with Gasteiger partial charge in [-0.3, -0.25) is 0 Å². The average molecular weight is 301 g/mol. The van der Waals surface area contributed by atoms with E-state index < -0.39 is 0 Å². The molecule has 0 saturated heterocycles. The molecule has 1 rings (SSSR count). The summed E-state index contributed by atoms with van der Waals surface area (Å²) in [5.74, 6) is 0.369. The van der Waals surface area contributed by atoms with Crippen molar-refractivity contribution in [1.29, 1.82) is 0 Å². The van der Waals surface area contributed by atoms with Gasteiger partial charge in [0.1, 0.15) is 0 Å². The van der Waals surface area contributed by atoms with Gasteiger partial charge >= 0.3 is 0 Å². The normalized spacial score (nSPS) is 12.6. The molecule has 0 bridgehead atoms. The molecule has 0 heterocycles. The first kappa shape index (κ1) is 14.7. The van der Waals surface area contributed by atoms with Crippen molar-refractivity contribution in [3.63, 3.8) is 0 Å². The molecular formula is C14H21BrO2. The Morgan fingerprint density at radius 1 is 1.24 bits per heavy atom. The Kier molecular flexibility index (Phi) is 7.49. The molecule has 0 saturated carbocycles. The molecule has 0 aliphatic carbocycles. The number of hydrogen-bond donors (Lipinski definition) is 1. The third-order valence-corrected chi connectivity index (χ3v) is 3.44. The second kappa shape index (κ2) is 8.67. The van der Waals surface area contributed by atoms with Gasteiger partial charge in [0.05, 0.1) is 0 Å². The smallest absolute Gasteiger partial charge is 0.0462 e. The van der Waals surface area contributed by atoms with Gasteiger partial charge in [-0.2, -0.15) is 0 Å². The Bertz CT molecular complexity index is 298. The summed E-state index contributed by atoms with van der Waals surface area (Å²) in [4.78, 5) is 0. The van der Waals surface area contributed by atoms with Crippen molar-refractivity contribution < 1.29 is 9.84 Å². The largest absolute Gasteiger partial charge is 0.396 e. The molecule has 0 spiro atoms. The van der Waals surface area contributed by atoms with E-state index >= 15 is 0 Å². The van der Waals surface area contributed by atoms with Crippen LogP contribution in [-0.4, -0.2) is 25.4 Å². The molecule has 3 heteroatoms. The number of hydrogen-bond acceptors (Lipinski definition) is 2. The Labute approximate surface area is 112 Å². The maximum absolute atomic E-state index is 9.36. The minimum atomic E-state index is 0.267. The maximum atomic E-state index is 9.36. The van der Waals surface area contributed by atoms with E-state index in [0.29, 0.717) is 5.92 Å². The summed E-state index contributed by atoms with van der Waals surface area (Å²) in [6.07, 6.45) is 4.22. The fraction of sp³-hybridized carbons (Fsp3) is 0.571. The number of unbranched alkanes of at least 4 members (excludes halogenated alkanes) is 1. The molecule has 0 aromatic heterocycles. The third-order valence-electron chi connectivity index (χ3n) is 2.91. The van der Waals surface area contributed by atoms with Crippen LogP contribution in [0.15, 0.2) is 28.7 Å². The van der Waals surface area contributed by atoms with E-state index in [1.807, 2.05) is 0 Å². The molecule has 2 nitrogen and oxygen atoms in total. The monoisotopic (exact) mass is 300 g/mol. The average Bonchev–Trinajstić information content (AvgIpc) is 2.35. The van der Waals surface area contributed by atoms with E-state index in [1.54, 1.807) is 7.11 Å². The highest BCUT2D eigenvalue weighted by Crippen LogP contribution is 2.17. The van der Waals surface area contributed by atoms with Gasteiger partial charge < -0.3 is 9.84 Å². The zero-order valence-electron chi connectivity index (χ0n) is 10.4. The Balaban J connectivity index is 2.33. The third kappa shape index (κ3) is 6.20. The zero-order chi connectivity index (χ0) is 12.5.